The molecule has 178 valence electrons. The van der Waals surface area contributed by atoms with E-state index in [1.807, 2.05) is 6.07 Å². The number of imidazole rings is 1. The van der Waals surface area contributed by atoms with E-state index in [2.05, 4.69) is 15.3 Å². The number of aliphatic hydroxyl groups excluding tert-OH is 1. The first kappa shape index (κ1) is 21.5. The van der Waals surface area contributed by atoms with Gasteiger partial charge in [0.25, 0.3) is 6.01 Å². The van der Waals surface area contributed by atoms with E-state index in [0.717, 1.165) is 31.4 Å². The van der Waals surface area contributed by atoms with Crippen LogP contribution in [0.5, 0.6) is 6.01 Å². The second kappa shape index (κ2) is 7.78. The summed E-state index contributed by atoms with van der Waals surface area (Å²) in [7, 11) is 0. The smallest absolute Gasteiger partial charge is 0.296 e. The van der Waals surface area contributed by atoms with Crippen molar-refractivity contribution in [3.05, 3.63) is 16.8 Å². The van der Waals surface area contributed by atoms with Crippen molar-refractivity contribution >= 4 is 28.7 Å². The van der Waals surface area contributed by atoms with Gasteiger partial charge in [-0.1, -0.05) is 11.6 Å². The standard InChI is InChI=1S/C22H27ClN4O6/c1-11(28)24-4-5-32-22-3-2-21(9-22,10-22)18-12(23)6-13-19(26-18)27-20(25-13)33-15-8-31-16-14(29)7-30-17(15)16/h6,14-17,29H,2-5,7-10H2,1H3,(H,24,28)(H,25,26,27)/t14-,15-,16-,17-,21?,22?/m1/s1. The summed E-state index contributed by atoms with van der Waals surface area (Å²) in [6.45, 7) is 3.10. The first-order chi connectivity index (χ1) is 15.9. The molecule has 4 atom stereocenters. The number of hydrogen-bond acceptors (Lipinski definition) is 8. The number of H-pyrrole nitrogens is 1. The lowest BCUT2D eigenvalue weighted by atomic mass is 9.65. The highest BCUT2D eigenvalue weighted by Crippen LogP contribution is 2.64. The average molecular weight is 479 g/mol. The number of aliphatic hydroxyl groups is 1. The van der Waals surface area contributed by atoms with Gasteiger partial charge in [-0.2, -0.15) is 4.98 Å². The minimum Gasteiger partial charge on any atom is -0.456 e. The van der Waals surface area contributed by atoms with Crippen molar-refractivity contribution < 1.29 is 28.8 Å². The first-order valence-electron chi connectivity index (χ1n) is 11.4. The van der Waals surface area contributed by atoms with E-state index in [9.17, 15) is 9.90 Å². The van der Waals surface area contributed by atoms with E-state index >= 15 is 0 Å². The molecule has 0 spiro atoms. The Kier molecular flexibility index (Phi) is 5.08. The summed E-state index contributed by atoms with van der Waals surface area (Å²) in [5, 5.41) is 13.3. The lowest BCUT2D eigenvalue weighted by Gasteiger charge is -2.47. The zero-order valence-electron chi connectivity index (χ0n) is 18.3. The maximum atomic E-state index is 11.0. The van der Waals surface area contributed by atoms with E-state index < -0.39 is 6.10 Å². The molecule has 5 aliphatic rings. The third-order valence-electron chi connectivity index (χ3n) is 7.42. The Labute approximate surface area is 195 Å². The molecule has 2 aromatic heterocycles. The van der Waals surface area contributed by atoms with E-state index in [4.69, 9.17) is 35.5 Å². The molecule has 10 nitrogen and oxygen atoms in total. The normalized spacial score (nSPS) is 36.7. The third-order valence-corrected chi connectivity index (χ3v) is 7.70. The van der Waals surface area contributed by atoms with Crippen LogP contribution in [0.3, 0.4) is 0 Å². The van der Waals surface area contributed by atoms with Crippen LogP contribution in [-0.2, 0) is 24.4 Å². The first-order valence-corrected chi connectivity index (χ1v) is 11.8. The van der Waals surface area contributed by atoms with E-state index in [0.29, 0.717) is 42.0 Å². The highest BCUT2D eigenvalue weighted by Gasteiger charge is 2.63. The van der Waals surface area contributed by atoms with Crippen molar-refractivity contribution in [3.63, 3.8) is 0 Å². The van der Waals surface area contributed by atoms with Crippen LogP contribution >= 0.6 is 11.6 Å². The number of amides is 1. The van der Waals surface area contributed by atoms with Crippen molar-refractivity contribution in [1.29, 1.82) is 0 Å². The number of aromatic nitrogens is 3. The molecule has 33 heavy (non-hydrogen) atoms. The number of nitrogens with one attached hydrogen (secondary N) is 2. The van der Waals surface area contributed by atoms with E-state index in [-0.39, 0.29) is 41.8 Å². The van der Waals surface area contributed by atoms with Gasteiger partial charge in [0.05, 0.1) is 41.7 Å². The monoisotopic (exact) mass is 478 g/mol. The molecule has 2 aliphatic heterocycles. The number of halogens is 1. The summed E-state index contributed by atoms with van der Waals surface area (Å²) in [5.41, 5.74) is 1.87. The molecule has 5 fully saturated rings. The Morgan fingerprint density at radius 2 is 2.12 bits per heavy atom. The number of carbonyl (C=O) groups excluding carboxylic acids is 1. The molecule has 7 rings (SSSR count). The maximum absolute atomic E-state index is 11.0. The highest BCUT2D eigenvalue weighted by molar-refractivity contribution is 6.31. The zero-order chi connectivity index (χ0) is 22.8. The van der Waals surface area contributed by atoms with Gasteiger partial charge in [-0.3, -0.25) is 4.79 Å². The van der Waals surface area contributed by atoms with Crippen LogP contribution in [0.25, 0.3) is 11.2 Å². The molecular weight excluding hydrogens is 452 g/mol. The summed E-state index contributed by atoms with van der Waals surface area (Å²) in [5.74, 6) is -0.0502. The van der Waals surface area contributed by atoms with Gasteiger partial charge < -0.3 is 34.4 Å². The highest BCUT2D eigenvalue weighted by atomic mass is 35.5. The van der Waals surface area contributed by atoms with Gasteiger partial charge in [0.15, 0.2) is 11.8 Å². The van der Waals surface area contributed by atoms with Crippen molar-refractivity contribution in [2.75, 3.05) is 26.4 Å². The zero-order valence-corrected chi connectivity index (χ0v) is 19.1. The second-order valence-electron chi connectivity index (χ2n) is 9.70. The Morgan fingerprint density at radius 3 is 2.94 bits per heavy atom. The Bertz CT molecular complexity index is 1090. The van der Waals surface area contributed by atoms with Crippen LogP contribution in [0, 0.1) is 0 Å². The predicted octanol–water partition coefficient (Wildman–Crippen LogP) is 1.23. The van der Waals surface area contributed by atoms with Crippen LogP contribution in [0.1, 0.15) is 38.3 Å². The van der Waals surface area contributed by atoms with Gasteiger partial charge in [-0.15, -0.1) is 0 Å². The number of hydrogen-bond donors (Lipinski definition) is 3. The number of fused-ring (bicyclic) bond motifs is 3. The SMILES string of the molecule is CC(=O)NCCOC12CCC(c3nc4nc(O[C@@H]5CO[C@H]6[C@@H]5OC[C@H]6O)[nH]c4cc3Cl)(C1)C2. The lowest BCUT2D eigenvalue weighted by molar-refractivity contribution is -0.121. The van der Waals surface area contributed by atoms with Gasteiger partial charge in [-0.25, -0.2) is 4.98 Å². The number of rotatable bonds is 7. The molecule has 4 heterocycles. The molecule has 2 aromatic rings. The van der Waals surface area contributed by atoms with Crippen molar-refractivity contribution in [2.45, 2.75) is 68.0 Å². The second-order valence-corrected chi connectivity index (χ2v) is 10.1. The average Bonchev–Trinajstić information content (AvgIpc) is 3.53. The number of nitrogens with zero attached hydrogens (tertiary/aromatic N) is 2. The third kappa shape index (κ3) is 3.59. The van der Waals surface area contributed by atoms with Crippen LogP contribution in [0.2, 0.25) is 5.02 Å². The Balaban J connectivity index is 1.15. The summed E-state index contributed by atoms with van der Waals surface area (Å²) < 4.78 is 23.4. The van der Waals surface area contributed by atoms with Gasteiger partial charge >= 0.3 is 0 Å². The molecule has 2 saturated heterocycles. The van der Waals surface area contributed by atoms with Gasteiger partial charge in [0.2, 0.25) is 5.91 Å². The van der Waals surface area contributed by atoms with Crippen molar-refractivity contribution in [3.8, 4) is 6.01 Å². The van der Waals surface area contributed by atoms with Gasteiger partial charge in [0.1, 0.15) is 18.3 Å². The lowest BCUT2D eigenvalue weighted by Crippen LogP contribution is -2.49. The molecule has 0 unspecified atom stereocenters. The molecule has 3 saturated carbocycles. The molecule has 11 heteroatoms. The van der Waals surface area contributed by atoms with Crippen LogP contribution in [-0.4, -0.2) is 82.3 Å². The van der Waals surface area contributed by atoms with Crippen LogP contribution in [0.4, 0.5) is 0 Å². The predicted molar refractivity (Wildman–Crippen MR) is 116 cm³/mol. The van der Waals surface area contributed by atoms with Crippen molar-refractivity contribution in [2.24, 2.45) is 0 Å². The molecule has 2 bridgehead atoms. The largest absolute Gasteiger partial charge is 0.456 e. The quantitative estimate of drug-likeness (QED) is 0.507. The molecule has 1 amide bonds. The fourth-order valence-corrected chi connectivity index (χ4v) is 6.32. The maximum Gasteiger partial charge on any atom is 0.296 e. The summed E-state index contributed by atoms with van der Waals surface area (Å²) in [4.78, 5) is 23.5. The summed E-state index contributed by atoms with van der Waals surface area (Å²) >= 11 is 6.67. The fourth-order valence-electron chi connectivity index (χ4n) is 5.97. The van der Waals surface area contributed by atoms with Crippen molar-refractivity contribution in [1.82, 2.24) is 20.3 Å². The summed E-state index contributed by atoms with van der Waals surface area (Å²) in [6, 6.07) is 2.19. The molecule has 3 N–H and O–H groups in total. The summed E-state index contributed by atoms with van der Waals surface area (Å²) in [6.07, 6.45) is 2.00. The molecule has 3 aliphatic carbocycles. The molecule has 0 radical (unpaired) electrons. The van der Waals surface area contributed by atoms with E-state index in [1.165, 1.54) is 6.92 Å². The number of aromatic amines is 1. The fraction of sp³-hybridized carbons (Fsp3) is 0.682. The molecular formula is C22H27ClN4O6. The van der Waals surface area contributed by atoms with Gasteiger partial charge in [-0.05, 0) is 31.7 Å². The molecule has 0 aromatic carbocycles. The number of ether oxygens (including phenoxy) is 4. The van der Waals surface area contributed by atoms with Crippen LogP contribution in [0.15, 0.2) is 6.07 Å². The Morgan fingerprint density at radius 1 is 1.30 bits per heavy atom. The minimum absolute atomic E-state index is 0.0502. The topological polar surface area (TPSA) is 128 Å². The van der Waals surface area contributed by atoms with Gasteiger partial charge in [0, 0.05) is 18.9 Å². The number of carbonyl (C=O) groups is 1. The minimum atomic E-state index is -0.628. The van der Waals surface area contributed by atoms with Crippen LogP contribution < -0.4 is 10.1 Å². The Hall–Kier alpha value is -1.98. The number of pyridine rings is 1. The van der Waals surface area contributed by atoms with E-state index in [1.54, 1.807) is 0 Å².